The molecule has 9 heteroatoms. The number of ether oxygens (including phenoxy) is 1. The van der Waals surface area contributed by atoms with Crippen molar-refractivity contribution in [2.45, 2.75) is 38.8 Å². The van der Waals surface area contributed by atoms with Crippen LogP contribution in [0.2, 0.25) is 0 Å². The van der Waals surface area contributed by atoms with Gasteiger partial charge in [-0.25, -0.2) is 9.59 Å². The van der Waals surface area contributed by atoms with Crippen molar-refractivity contribution in [2.24, 2.45) is 5.92 Å². The average molecular weight is 478 g/mol. The topological polar surface area (TPSA) is 131 Å². The Morgan fingerprint density at radius 1 is 1.09 bits per heavy atom. The van der Waals surface area contributed by atoms with E-state index in [1.807, 2.05) is 43.3 Å². The molecule has 0 aliphatic heterocycles. The number of aromatic nitrogens is 1. The predicted octanol–water partition coefficient (Wildman–Crippen LogP) is 3.94. The first-order chi connectivity index (χ1) is 16.9. The predicted molar refractivity (Wildman–Crippen MR) is 127 cm³/mol. The zero-order chi connectivity index (χ0) is 24.9. The second-order valence-electron chi connectivity index (χ2n) is 8.53. The number of benzene rings is 2. The standard InChI is InChI=1S/C26H27N3O6/c1-3-15(2)23(25(31)32)28-24(30)22-12-16(35-29-22)13-27-26(33)34-14-21-19-10-6-4-8-17(19)18-9-5-7-11-20(18)21/h4-12,15,21,23H,3,13-14H2,1-2H3,(H,27,33)(H,28,30)(H,31,32). The van der Waals surface area contributed by atoms with Crippen molar-refractivity contribution >= 4 is 18.0 Å². The molecule has 3 aromatic rings. The highest BCUT2D eigenvalue weighted by atomic mass is 16.5. The molecular formula is C26H27N3O6. The minimum Gasteiger partial charge on any atom is -0.480 e. The summed E-state index contributed by atoms with van der Waals surface area (Å²) in [6.45, 7) is 3.72. The number of amides is 2. The Kier molecular flexibility index (Phi) is 7.14. The molecule has 1 aliphatic carbocycles. The molecule has 0 saturated carbocycles. The molecule has 0 fully saturated rings. The third-order valence-electron chi connectivity index (χ3n) is 6.31. The fourth-order valence-corrected chi connectivity index (χ4v) is 4.21. The maximum absolute atomic E-state index is 12.4. The van der Waals surface area contributed by atoms with E-state index in [9.17, 15) is 19.5 Å². The number of hydrogen-bond donors (Lipinski definition) is 3. The van der Waals surface area contributed by atoms with Gasteiger partial charge in [0.15, 0.2) is 11.5 Å². The van der Waals surface area contributed by atoms with E-state index in [0.717, 1.165) is 22.3 Å². The second kappa shape index (κ2) is 10.4. The molecule has 1 aromatic heterocycles. The molecule has 35 heavy (non-hydrogen) atoms. The van der Waals surface area contributed by atoms with Gasteiger partial charge in [0.25, 0.3) is 5.91 Å². The maximum Gasteiger partial charge on any atom is 0.407 e. The van der Waals surface area contributed by atoms with Crippen molar-refractivity contribution in [1.29, 1.82) is 0 Å². The van der Waals surface area contributed by atoms with E-state index >= 15 is 0 Å². The molecular weight excluding hydrogens is 450 g/mol. The van der Waals surface area contributed by atoms with Crippen LogP contribution in [0.1, 0.15) is 53.6 Å². The third-order valence-corrected chi connectivity index (χ3v) is 6.31. The second-order valence-corrected chi connectivity index (χ2v) is 8.53. The van der Waals surface area contributed by atoms with Gasteiger partial charge in [-0.05, 0) is 28.2 Å². The Morgan fingerprint density at radius 3 is 2.31 bits per heavy atom. The molecule has 4 rings (SSSR count). The average Bonchev–Trinajstić information content (AvgIpc) is 3.47. The zero-order valence-electron chi connectivity index (χ0n) is 19.5. The summed E-state index contributed by atoms with van der Waals surface area (Å²) in [4.78, 5) is 36.1. The number of aliphatic carboxylic acids is 1. The minimum atomic E-state index is -1.12. The Hall–Kier alpha value is -4.14. The summed E-state index contributed by atoms with van der Waals surface area (Å²) in [6, 6.07) is 16.4. The van der Waals surface area contributed by atoms with Crippen LogP contribution < -0.4 is 10.6 Å². The van der Waals surface area contributed by atoms with Crippen molar-refractivity contribution in [3.8, 4) is 11.1 Å². The molecule has 9 nitrogen and oxygen atoms in total. The maximum atomic E-state index is 12.4. The van der Waals surface area contributed by atoms with Gasteiger partial charge in [0.05, 0.1) is 6.54 Å². The van der Waals surface area contributed by atoms with Crippen LogP contribution in [-0.2, 0) is 16.1 Å². The highest BCUT2D eigenvalue weighted by molar-refractivity contribution is 5.95. The van der Waals surface area contributed by atoms with Crippen LogP contribution in [0.5, 0.6) is 0 Å². The van der Waals surface area contributed by atoms with Crippen LogP contribution in [0.3, 0.4) is 0 Å². The largest absolute Gasteiger partial charge is 0.480 e. The lowest BCUT2D eigenvalue weighted by atomic mass is 9.98. The molecule has 2 aromatic carbocycles. The summed E-state index contributed by atoms with van der Waals surface area (Å²) in [5.41, 5.74) is 4.45. The third kappa shape index (κ3) is 5.18. The van der Waals surface area contributed by atoms with Crippen molar-refractivity contribution < 1.29 is 28.8 Å². The molecule has 0 spiro atoms. The van der Waals surface area contributed by atoms with Gasteiger partial charge in [-0.2, -0.15) is 0 Å². The quantitative estimate of drug-likeness (QED) is 0.425. The van der Waals surface area contributed by atoms with Gasteiger partial charge in [0.2, 0.25) is 0 Å². The smallest absolute Gasteiger partial charge is 0.407 e. The summed E-state index contributed by atoms with van der Waals surface area (Å²) in [7, 11) is 0. The summed E-state index contributed by atoms with van der Waals surface area (Å²) in [6.07, 6.45) is -0.0391. The van der Waals surface area contributed by atoms with Gasteiger partial charge in [0.1, 0.15) is 12.6 Å². The highest BCUT2D eigenvalue weighted by Crippen LogP contribution is 2.44. The Balaban J connectivity index is 1.31. The number of rotatable bonds is 9. The van der Waals surface area contributed by atoms with Crippen molar-refractivity contribution in [1.82, 2.24) is 15.8 Å². The van der Waals surface area contributed by atoms with Crippen LogP contribution >= 0.6 is 0 Å². The molecule has 2 atom stereocenters. The number of carbonyl (C=O) groups excluding carboxylic acids is 2. The van der Waals surface area contributed by atoms with Crippen LogP contribution in [0.15, 0.2) is 59.1 Å². The lowest BCUT2D eigenvalue weighted by Crippen LogP contribution is -2.45. The minimum absolute atomic E-state index is 0.0370. The van der Waals surface area contributed by atoms with Crippen LogP contribution in [0.4, 0.5) is 4.79 Å². The van der Waals surface area contributed by atoms with Gasteiger partial charge in [0, 0.05) is 12.0 Å². The fraction of sp³-hybridized carbons (Fsp3) is 0.308. The summed E-state index contributed by atoms with van der Waals surface area (Å²) in [5.74, 6) is -1.85. The lowest BCUT2D eigenvalue weighted by Gasteiger charge is -2.19. The number of hydrogen-bond acceptors (Lipinski definition) is 6. The number of nitrogens with one attached hydrogen (secondary N) is 2. The van der Waals surface area contributed by atoms with Crippen LogP contribution in [0, 0.1) is 5.92 Å². The normalized spacial score (nSPS) is 13.9. The summed E-state index contributed by atoms with van der Waals surface area (Å²) >= 11 is 0. The first kappa shape index (κ1) is 24.0. The molecule has 0 radical (unpaired) electrons. The summed E-state index contributed by atoms with van der Waals surface area (Å²) < 4.78 is 10.6. The molecule has 182 valence electrons. The van der Waals surface area contributed by atoms with Crippen molar-refractivity contribution in [3.05, 3.63) is 77.2 Å². The highest BCUT2D eigenvalue weighted by Gasteiger charge is 2.29. The number of carboxylic acids is 1. The Morgan fingerprint density at radius 2 is 1.71 bits per heavy atom. The Bertz CT molecular complexity index is 1190. The van der Waals surface area contributed by atoms with Gasteiger partial charge in [-0.3, -0.25) is 4.79 Å². The molecule has 0 bridgehead atoms. The van der Waals surface area contributed by atoms with E-state index in [1.165, 1.54) is 6.07 Å². The van der Waals surface area contributed by atoms with E-state index in [-0.39, 0.29) is 36.4 Å². The van der Waals surface area contributed by atoms with Crippen LogP contribution in [-0.4, -0.2) is 40.9 Å². The monoisotopic (exact) mass is 477 g/mol. The first-order valence-electron chi connectivity index (χ1n) is 11.5. The number of nitrogens with zero attached hydrogens (tertiary/aromatic N) is 1. The number of alkyl carbamates (subject to hydrolysis) is 1. The SMILES string of the molecule is CCC(C)C(NC(=O)c1cc(CNC(=O)OCC2c3ccccc3-c3ccccc32)on1)C(=O)O. The van der Waals surface area contributed by atoms with Gasteiger partial charge >= 0.3 is 12.1 Å². The van der Waals surface area contributed by atoms with E-state index < -0.39 is 24.0 Å². The first-order valence-corrected chi connectivity index (χ1v) is 11.5. The van der Waals surface area contributed by atoms with E-state index in [0.29, 0.717) is 6.42 Å². The van der Waals surface area contributed by atoms with Gasteiger partial charge in [-0.15, -0.1) is 0 Å². The van der Waals surface area contributed by atoms with Crippen LogP contribution in [0.25, 0.3) is 11.1 Å². The summed E-state index contributed by atoms with van der Waals surface area (Å²) in [5, 5.41) is 18.1. The molecule has 1 heterocycles. The van der Waals surface area contributed by atoms with Crippen molar-refractivity contribution in [3.63, 3.8) is 0 Å². The van der Waals surface area contributed by atoms with E-state index in [2.05, 4.69) is 27.9 Å². The van der Waals surface area contributed by atoms with E-state index in [1.54, 1.807) is 6.92 Å². The molecule has 2 unspecified atom stereocenters. The molecule has 2 amide bonds. The molecule has 3 N–H and O–H groups in total. The zero-order valence-corrected chi connectivity index (χ0v) is 19.5. The lowest BCUT2D eigenvalue weighted by molar-refractivity contribution is -0.140. The number of carbonyl (C=O) groups is 3. The fourth-order valence-electron chi connectivity index (χ4n) is 4.21. The molecule has 0 saturated heterocycles. The molecule has 1 aliphatic rings. The Labute approximate surface area is 202 Å². The number of fused-ring (bicyclic) bond motifs is 3. The number of carboxylic acid groups (broad SMARTS) is 1. The van der Waals surface area contributed by atoms with Gasteiger partial charge < -0.3 is 25.0 Å². The van der Waals surface area contributed by atoms with Gasteiger partial charge in [-0.1, -0.05) is 74.0 Å². The van der Waals surface area contributed by atoms with Crippen molar-refractivity contribution in [2.75, 3.05) is 6.61 Å². The van der Waals surface area contributed by atoms with E-state index in [4.69, 9.17) is 9.26 Å².